The fraction of sp³-hybridized carbons (Fsp3) is 0.0645. The summed E-state index contributed by atoms with van der Waals surface area (Å²) in [6.45, 7) is 1.86. The van der Waals surface area contributed by atoms with E-state index in [4.69, 9.17) is 4.42 Å². The van der Waals surface area contributed by atoms with Gasteiger partial charge in [0.15, 0.2) is 5.58 Å². The van der Waals surface area contributed by atoms with Gasteiger partial charge in [-0.1, -0.05) is 42.5 Å². The molecule has 0 spiro atoms. The topological polar surface area (TPSA) is 84.2 Å². The smallest absolute Gasteiger partial charge is 0.248 e. The number of anilines is 2. The number of nitrogens with one attached hydrogen (secondary N) is 2. The van der Waals surface area contributed by atoms with E-state index in [0.717, 1.165) is 27.1 Å². The van der Waals surface area contributed by atoms with Gasteiger partial charge in [-0.25, -0.2) is 4.98 Å². The maximum absolute atomic E-state index is 12.8. The molecular weight excluding hydrogens is 494 g/mol. The molecule has 0 aliphatic rings. The molecule has 188 valence electrons. The Morgan fingerprint density at radius 1 is 0.816 bits per heavy atom. The van der Waals surface area contributed by atoms with Crippen LogP contribution in [0.2, 0.25) is 0 Å². The maximum atomic E-state index is 12.8. The van der Waals surface area contributed by atoms with E-state index in [0.29, 0.717) is 17.3 Å². The number of benzene rings is 4. The van der Waals surface area contributed by atoms with E-state index in [1.807, 2.05) is 110 Å². The average Bonchev–Trinajstić information content (AvgIpc) is 3.38. The molecule has 1 atom stereocenters. The summed E-state index contributed by atoms with van der Waals surface area (Å²) in [5, 5.41) is 5.48. The number of rotatable bonds is 8. The third-order valence-electron chi connectivity index (χ3n) is 5.72. The first kappa shape index (κ1) is 25.0. The van der Waals surface area contributed by atoms with Crippen LogP contribution in [0.4, 0.5) is 11.4 Å². The van der Waals surface area contributed by atoms with Gasteiger partial charge in [-0.3, -0.25) is 9.59 Å². The predicted octanol–water partition coefficient (Wildman–Crippen LogP) is 7.27. The summed E-state index contributed by atoms with van der Waals surface area (Å²) in [5.74, 6) is 0.233. The molecule has 0 aliphatic heterocycles. The van der Waals surface area contributed by atoms with Crippen LogP contribution in [0.25, 0.3) is 28.6 Å². The van der Waals surface area contributed by atoms with E-state index in [-0.39, 0.29) is 17.1 Å². The van der Waals surface area contributed by atoms with E-state index in [9.17, 15) is 9.59 Å². The normalized spacial score (nSPS) is 11.9. The minimum atomic E-state index is -0.319. The Kier molecular flexibility index (Phi) is 7.66. The van der Waals surface area contributed by atoms with Crippen LogP contribution in [0.1, 0.15) is 12.5 Å². The van der Waals surface area contributed by atoms with Gasteiger partial charge in [0.05, 0.1) is 5.25 Å². The van der Waals surface area contributed by atoms with Gasteiger partial charge >= 0.3 is 0 Å². The number of carbonyl (C=O) groups is 2. The Morgan fingerprint density at radius 2 is 1.47 bits per heavy atom. The number of oxazole rings is 1. The Labute approximate surface area is 224 Å². The molecule has 6 nitrogen and oxygen atoms in total. The molecule has 2 amide bonds. The maximum Gasteiger partial charge on any atom is 0.248 e. The molecule has 4 aromatic carbocycles. The summed E-state index contributed by atoms with van der Waals surface area (Å²) >= 11 is 1.44. The van der Waals surface area contributed by atoms with Crippen molar-refractivity contribution in [3.8, 4) is 11.5 Å². The quantitative estimate of drug-likeness (QED) is 0.166. The van der Waals surface area contributed by atoms with Crippen LogP contribution in [0, 0.1) is 0 Å². The number of nitrogens with zero attached hydrogens (tertiary/aromatic N) is 1. The number of amides is 2. The lowest BCUT2D eigenvalue weighted by Crippen LogP contribution is -2.22. The van der Waals surface area contributed by atoms with Crippen molar-refractivity contribution < 1.29 is 14.0 Å². The minimum absolute atomic E-state index is 0.104. The molecule has 1 aromatic heterocycles. The van der Waals surface area contributed by atoms with Crippen LogP contribution in [0.5, 0.6) is 0 Å². The van der Waals surface area contributed by atoms with Gasteiger partial charge < -0.3 is 15.1 Å². The fourth-order valence-electron chi connectivity index (χ4n) is 3.73. The number of aromatic nitrogens is 1. The number of para-hydroxylation sites is 2. The lowest BCUT2D eigenvalue weighted by molar-refractivity contribution is -0.115. The molecular formula is C31H25N3O3S. The van der Waals surface area contributed by atoms with Crippen LogP contribution in [0.3, 0.4) is 0 Å². The molecule has 5 aromatic rings. The summed E-state index contributed by atoms with van der Waals surface area (Å²) in [6, 6.07) is 32.1. The van der Waals surface area contributed by atoms with Crippen molar-refractivity contribution in [2.75, 3.05) is 10.6 Å². The molecule has 2 N–H and O–H groups in total. The molecule has 0 bridgehead atoms. The van der Waals surface area contributed by atoms with Crippen LogP contribution in [0.15, 0.2) is 119 Å². The largest absolute Gasteiger partial charge is 0.436 e. The van der Waals surface area contributed by atoms with Crippen molar-refractivity contribution in [1.29, 1.82) is 0 Å². The third-order valence-corrected chi connectivity index (χ3v) is 6.84. The van der Waals surface area contributed by atoms with Crippen molar-refractivity contribution >= 4 is 52.1 Å². The first-order valence-electron chi connectivity index (χ1n) is 12.1. The fourth-order valence-corrected chi connectivity index (χ4v) is 4.60. The Hall–Kier alpha value is -4.62. The number of hydrogen-bond acceptors (Lipinski definition) is 5. The molecule has 1 unspecified atom stereocenters. The molecule has 0 saturated carbocycles. The Bertz CT molecular complexity index is 1540. The van der Waals surface area contributed by atoms with Crippen LogP contribution in [-0.2, 0) is 9.59 Å². The Morgan fingerprint density at radius 3 is 2.21 bits per heavy atom. The summed E-state index contributed by atoms with van der Waals surface area (Å²) in [5.41, 5.74) is 4.73. The first-order valence-corrected chi connectivity index (χ1v) is 13.0. The highest BCUT2D eigenvalue weighted by atomic mass is 32.2. The van der Waals surface area contributed by atoms with E-state index in [1.54, 1.807) is 6.08 Å². The second-order valence-corrected chi connectivity index (χ2v) is 9.99. The zero-order valence-electron chi connectivity index (χ0n) is 20.6. The highest BCUT2D eigenvalue weighted by Crippen LogP contribution is 2.27. The van der Waals surface area contributed by atoms with Gasteiger partial charge in [0.1, 0.15) is 5.52 Å². The summed E-state index contributed by atoms with van der Waals surface area (Å²) in [7, 11) is 0. The second-order valence-electron chi connectivity index (χ2n) is 8.57. The molecule has 38 heavy (non-hydrogen) atoms. The lowest BCUT2D eigenvalue weighted by Gasteiger charge is -2.13. The standard InChI is InChI=1S/C31H25N3O3S/c1-21(38-26-18-16-24(17-19-26)32-29(35)20-11-22-7-3-2-4-8-22)30(36)33-25-14-12-23(13-15-25)31-34-27-9-5-6-10-28(27)37-31/h2-21H,1H3,(H,32,35)(H,33,36)/b20-11+. The molecule has 0 fully saturated rings. The SMILES string of the molecule is CC(Sc1ccc(NC(=O)/C=C/c2ccccc2)cc1)C(=O)Nc1ccc(-c2nc3ccccc3o2)cc1. The second kappa shape index (κ2) is 11.6. The lowest BCUT2D eigenvalue weighted by atomic mass is 10.2. The van der Waals surface area contributed by atoms with Crippen molar-refractivity contribution in [2.45, 2.75) is 17.1 Å². The van der Waals surface area contributed by atoms with Gasteiger partial charge in [-0.05, 0) is 79.2 Å². The van der Waals surface area contributed by atoms with E-state index in [2.05, 4.69) is 15.6 Å². The summed E-state index contributed by atoms with van der Waals surface area (Å²) in [6.07, 6.45) is 3.27. The number of carbonyl (C=O) groups excluding carboxylic acids is 2. The molecule has 7 heteroatoms. The third kappa shape index (κ3) is 6.38. The highest BCUT2D eigenvalue weighted by Gasteiger charge is 2.15. The van der Waals surface area contributed by atoms with Crippen molar-refractivity contribution in [2.24, 2.45) is 0 Å². The van der Waals surface area contributed by atoms with Gasteiger partial charge in [-0.15, -0.1) is 11.8 Å². The molecule has 0 saturated heterocycles. The van der Waals surface area contributed by atoms with E-state index in [1.165, 1.54) is 17.8 Å². The average molecular weight is 520 g/mol. The monoisotopic (exact) mass is 519 g/mol. The number of hydrogen-bond donors (Lipinski definition) is 2. The first-order chi connectivity index (χ1) is 18.5. The van der Waals surface area contributed by atoms with Crippen LogP contribution >= 0.6 is 11.8 Å². The highest BCUT2D eigenvalue weighted by molar-refractivity contribution is 8.00. The van der Waals surface area contributed by atoms with Gasteiger partial charge in [0.2, 0.25) is 17.7 Å². The van der Waals surface area contributed by atoms with Crippen molar-refractivity contribution in [3.63, 3.8) is 0 Å². The van der Waals surface area contributed by atoms with Crippen LogP contribution < -0.4 is 10.6 Å². The summed E-state index contributed by atoms with van der Waals surface area (Å²) in [4.78, 5) is 30.4. The van der Waals surface area contributed by atoms with Crippen molar-refractivity contribution in [3.05, 3.63) is 115 Å². The zero-order valence-corrected chi connectivity index (χ0v) is 21.4. The van der Waals surface area contributed by atoms with Crippen LogP contribution in [-0.4, -0.2) is 22.0 Å². The zero-order chi connectivity index (χ0) is 26.3. The molecule has 0 aliphatic carbocycles. The van der Waals surface area contributed by atoms with Crippen molar-refractivity contribution in [1.82, 2.24) is 4.98 Å². The number of thioether (sulfide) groups is 1. The van der Waals surface area contributed by atoms with Gasteiger partial charge in [0, 0.05) is 27.9 Å². The number of fused-ring (bicyclic) bond motifs is 1. The Balaban J connectivity index is 1.13. The summed E-state index contributed by atoms with van der Waals surface area (Å²) < 4.78 is 5.81. The van der Waals surface area contributed by atoms with E-state index < -0.39 is 0 Å². The van der Waals surface area contributed by atoms with Gasteiger partial charge in [0.25, 0.3) is 0 Å². The minimum Gasteiger partial charge on any atom is -0.436 e. The molecule has 1 heterocycles. The predicted molar refractivity (Wildman–Crippen MR) is 154 cm³/mol. The van der Waals surface area contributed by atoms with Gasteiger partial charge in [-0.2, -0.15) is 0 Å². The van der Waals surface area contributed by atoms with E-state index >= 15 is 0 Å². The molecule has 0 radical (unpaired) electrons. The molecule has 5 rings (SSSR count).